The Kier molecular flexibility index (Phi) is 8.66. The zero-order chi connectivity index (χ0) is 30.6. The molecule has 0 spiro atoms. The van der Waals surface area contributed by atoms with Crippen molar-refractivity contribution in [2.24, 2.45) is 11.7 Å². The number of carbonyl (C=O) groups excluding carboxylic acids is 3. The normalized spacial score (nSPS) is 11.5. The predicted octanol–water partition coefficient (Wildman–Crippen LogP) is 4.67. The first-order valence-electron chi connectivity index (χ1n) is 13.0. The zero-order valence-corrected chi connectivity index (χ0v) is 23.2. The lowest BCUT2D eigenvalue weighted by molar-refractivity contribution is -0.144. The van der Waals surface area contributed by atoms with Crippen molar-refractivity contribution in [2.45, 2.75) is 19.9 Å². The number of nitrogen functional groups attached to an aromatic ring is 1. The van der Waals surface area contributed by atoms with Crippen LogP contribution in [-0.4, -0.2) is 47.8 Å². The van der Waals surface area contributed by atoms with Gasteiger partial charge in [-0.3, -0.25) is 15.0 Å². The smallest absolute Gasteiger partial charge is 0.336 e. The van der Waals surface area contributed by atoms with E-state index in [1.54, 1.807) is 50.2 Å². The number of amides is 2. The van der Waals surface area contributed by atoms with Gasteiger partial charge in [0.2, 0.25) is 0 Å². The lowest BCUT2D eigenvalue weighted by Crippen LogP contribution is -2.45. The monoisotopic (exact) mass is 566 g/mol. The van der Waals surface area contributed by atoms with Gasteiger partial charge in [0.15, 0.2) is 0 Å². The molecule has 4 aromatic rings. The minimum Gasteiger partial charge on any atom is -0.478 e. The summed E-state index contributed by atoms with van der Waals surface area (Å²) in [6.07, 6.45) is 0. The van der Waals surface area contributed by atoms with Crippen LogP contribution in [0.15, 0.2) is 78.9 Å². The molecule has 0 aromatic heterocycles. The van der Waals surface area contributed by atoms with Crippen LogP contribution in [0, 0.1) is 11.3 Å². The van der Waals surface area contributed by atoms with Gasteiger partial charge in [-0.15, -0.1) is 0 Å². The Balaban J connectivity index is 1.78. The van der Waals surface area contributed by atoms with Crippen LogP contribution in [0.2, 0.25) is 0 Å². The van der Waals surface area contributed by atoms with E-state index in [-0.39, 0.29) is 34.0 Å². The number of hydrogen-bond acceptors (Lipinski definition) is 6. The molecule has 2 amide bonds. The van der Waals surface area contributed by atoms with Crippen LogP contribution in [0.5, 0.6) is 0 Å². The molecular weight excluding hydrogens is 536 g/mol. The van der Waals surface area contributed by atoms with Gasteiger partial charge in [0, 0.05) is 22.4 Å². The number of esters is 1. The number of ether oxygens (including phenoxy) is 1. The minimum atomic E-state index is -1.30. The molecular formula is C32H30N4O6. The third-order valence-corrected chi connectivity index (χ3v) is 6.79. The maximum atomic E-state index is 13.6. The molecule has 0 saturated heterocycles. The number of carboxylic acids is 1. The summed E-state index contributed by atoms with van der Waals surface area (Å²) >= 11 is 0. The summed E-state index contributed by atoms with van der Waals surface area (Å²) in [5.41, 5.74) is 7.11. The minimum absolute atomic E-state index is 0.0306. The molecule has 10 heteroatoms. The molecule has 0 fully saturated rings. The van der Waals surface area contributed by atoms with E-state index in [0.717, 1.165) is 10.8 Å². The van der Waals surface area contributed by atoms with Crippen LogP contribution >= 0.6 is 0 Å². The summed E-state index contributed by atoms with van der Waals surface area (Å²) in [5, 5.41) is 24.7. The van der Waals surface area contributed by atoms with Crippen molar-refractivity contribution in [3.8, 4) is 11.1 Å². The van der Waals surface area contributed by atoms with E-state index < -0.39 is 29.8 Å². The van der Waals surface area contributed by atoms with Crippen molar-refractivity contribution in [3.05, 3.63) is 101 Å². The van der Waals surface area contributed by atoms with Gasteiger partial charge in [0.25, 0.3) is 11.8 Å². The van der Waals surface area contributed by atoms with Gasteiger partial charge in [-0.1, -0.05) is 44.2 Å². The largest absolute Gasteiger partial charge is 0.478 e. The maximum Gasteiger partial charge on any atom is 0.336 e. The third kappa shape index (κ3) is 6.28. The fourth-order valence-electron chi connectivity index (χ4n) is 4.53. The molecule has 10 nitrogen and oxygen atoms in total. The lowest BCUT2D eigenvalue weighted by atomic mass is 9.91. The van der Waals surface area contributed by atoms with Crippen molar-refractivity contribution in [1.29, 1.82) is 5.41 Å². The highest BCUT2D eigenvalue weighted by Gasteiger charge is 2.27. The van der Waals surface area contributed by atoms with Crippen molar-refractivity contribution < 1.29 is 29.0 Å². The highest BCUT2D eigenvalue weighted by molar-refractivity contribution is 6.13. The van der Waals surface area contributed by atoms with Crippen molar-refractivity contribution in [1.82, 2.24) is 5.32 Å². The third-order valence-electron chi connectivity index (χ3n) is 6.79. The molecule has 0 saturated carbocycles. The molecule has 6 N–H and O–H groups in total. The molecule has 4 rings (SSSR count). The van der Waals surface area contributed by atoms with E-state index in [9.17, 15) is 24.3 Å². The Morgan fingerprint density at radius 2 is 1.43 bits per heavy atom. The molecule has 1 unspecified atom stereocenters. The van der Waals surface area contributed by atoms with Crippen LogP contribution in [0.1, 0.15) is 50.5 Å². The van der Waals surface area contributed by atoms with Gasteiger partial charge in [-0.2, -0.15) is 0 Å². The molecule has 0 aliphatic heterocycles. The van der Waals surface area contributed by atoms with E-state index in [2.05, 4.69) is 10.6 Å². The summed E-state index contributed by atoms with van der Waals surface area (Å²) in [5.74, 6) is -3.41. The van der Waals surface area contributed by atoms with Gasteiger partial charge < -0.3 is 26.2 Å². The van der Waals surface area contributed by atoms with E-state index in [4.69, 9.17) is 15.9 Å². The molecule has 0 aliphatic rings. The average molecular weight is 567 g/mol. The van der Waals surface area contributed by atoms with Gasteiger partial charge in [0.05, 0.1) is 12.7 Å². The standard InChI is InChI=1S/C32H30N4O6/c1-17(2)27(32(41)42-3)36-29(37)21-10-13-23(26(16-21)31(39)40)24-14-19-6-4-5-7-20(19)15-25(24)30(38)35-22-11-8-18(9-12-22)28(33)34/h4-17,27H,1-3H3,(H3,33,34)(H,35,38)(H,36,37)(H,39,40). The summed E-state index contributed by atoms with van der Waals surface area (Å²) in [7, 11) is 1.22. The SMILES string of the molecule is COC(=O)C(NC(=O)c1ccc(-c2cc3ccccc3cc2C(=O)Nc2ccc(C(=N)N)cc2)c(C(=O)O)c1)C(C)C. The molecule has 0 bridgehead atoms. The Morgan fingerprint density at radius 1 is 0.810 bits per heavy atom. The number of benzene rings is 4. The molecule has 0 radical (unpaired) electrons. The quantitative estimate of drug-likeness (QED) is 0.111. The first kappa shape index (κ1) is 29.5. The van der Waals surface area contributed by atoms with Crippen LogP contribution in [0.25, 0.3) is 21.9 Å². The van der Waals surface area contributed by atoms with Gasteiger partial charge >= 0.3 is 11.9 Å². The van der Waals surface area contributed by atoms with E-state index in [1.165, 1.54) is 25.3 Å². The van der Waals surface area contributed by atoms with E-state index in [0.29, 0.717) is 16.8 Å². The highest BCUT2D eigenvalue weighted by atomic mass is 16.5. The van der Waals surface area contributed by atoms with Crippen LogP contribution in [0.4, 0.5) is 5.69 Å². The van der Waals surface area contributed by atoms with Crippen LogP contribution in [-0.2, 0) is 9.53 Å². The number of aromatic carboxylic acids is 1. The number of nitrogens with one attached hydrogen (secondary N) is 3. The summed E-state index contributed by atoms with van der Waals surface area (Å²) in [6, 6.07) is 20.4. The van der Waals surface area contributed by atoms with Gasteiger partial charge in [-0.05, 0) is 76.3 Å². The number of anilines is 1. The van der Waals surface area contributed by atoms with Crippen molar-refractivity contribution >= 4 is 46.0 Å². The second-order valence-corrected chi connectivity index (χ2v) is 9.97. The van der Waals surface area contributed by atoms with Crippen LogP contribution < -0.4 is 16.4 Å². The summed E-state index contributed by atoms with van der Waals surface area (Å²) in [4.78, 5) is 51.2. The lowest BCUT2D eigenvalue weighted by Gasteiger charge is -2.20. The maximum absolute atomic E-state index is 13.6. The first-order chi connectivity index (χ1) is 20.0. The predicted molar refractivity (Wildman–Crippen MR) is 160 cm³/mol. The van der Waals surface area contributed by atoms with Crippen molar-refractivity contribution in [2.75, 3.05) is 12.4 Å². The molecule has 4 aromatic carbocycles. The molecule has 214 valence electrons. The number of methoxy groups -OCH3 is 1. The first-order valence-corrected chi connectivity index (χ1v) is 13.0. The average Bonchev–Trinajstić information content (AvgIpc) is 2.98. The molecule has 0 heterocycles. The summed E-state index contributed by atoms with van der Waals surface area (Å²) in [6.45, 7) is 3.50. The zero-order valence-electron chi connectivity index (χ0n) is 23.2. The number of amidine groups is 1. The fraction of sp³-hybridized carbons (Fsp3) is 0.156. The van der Waals surface area contributed by atoms with E-state index in [1.807, 2.05) is 24.3 Å². The number of fused-ring (bicyclic) bond motifs is 1. The molecule has 1 atom stereocenters. The number of nitrogens with two attached hydrogens (primary N) is 1. The number of carboxylic acid groups (broad SMARTS) is 1. The Morgan fingerprint density at radius 3 is 2.00 bits per heavy atom. The molecule has 42 heavy (non-hydrogen) atoms. The Bertz CT molecular complexity index is 1710. The van der Waals surface area contributed by atoms with E-state index >= 15 is 0 Å². The number of rotatable bonds is 9. The Labute approximate surface area is 242 Å². The van der Waals surface area contributed by atoms with Crippen molar-refractivity contribution in [3.63, 3.8) is 0 Å². The Hall–Kier alpha value is -5.51. The topological polar surface area (TPSA) is 172 Å². The fourth-order valence-corrected chi connectivity index (χ4v) is 4.53. The summed E-state index contributed by atoms with van der Waals surface area (Å²) < 4.78 is 4.78. The van der Waals surface area contributed by atoms with Gasteiger partial charge in [-0.25, -0.2) is 9.59 Å². The molecule has 0 aliphatic carbocycles. The number of hydrogen-bond donors (Lipinski definition) is 5. The van der Waals surface area contributed by atoms with Crippen LogP contribution in [0.3, 0.4) is 0 Å². The van der Waals surface area contributed by atoms with Gasteiger partial charge in [0.1, 0.15) is 11.9 Å². The highest BCUT2D eigenvalue weighted by Crippen LogP contribution is 2.33. The second kappa shape index (κ2) is 12.3. The second-order valence-electron chi connectivity index (χ2n) is 9.97. The number of carbonyl (C=O) groups is 4.